The van der Waals surface area contributed by atoms with Gasteiger partial charge >= 0.3 is 0 Å². The average molecular weight is 412 g/mol. The number of carbonyl (C=O) groups excluding carboxylic acids is 1. The number of hydrogen-bond acceptors (Lipinski definition) is 8. The van der Waals surface area contributed by atoms with Crippen LogP contribution in [0, 0.1) is 0 Å². The maximum absolute atomic E-state index is 13.1. The van der Waals surface area contributed by atoms with E-state index in [0.717, 1.165) is 5.56 Å². The Bertz CT molecular complexity index is 993. The van der Waals surface area contributed by atoms with E-state index in [1.165, 1.54) is 7.11 Å². The van der Waals surface area contributed by atoms with Gasteiger partial charge in [0.2, 0.25) is 5.91 Å². The molecule has 0 saturated heterocycles. The van der Waals surface area contributed by atoms with Crippen molar-refractivity contribution in [2.24, 2.45) is 0 Å². The molecule has 0 unspecified atom stereocenters. The maximum Gasteiger partial charge on any atom is 0.232 e. The number of carbonyl (C=O) groups is 1. The summed E-state index contributed by atoms with van der Waals surface area (Å²) in [5.41, 5.74) is 1.33. The normalized spacial score (nSPS) is 11.5. The highest BCUT2D eigenvalue weighted by Gasteiger charge is 2.23. The van der Waals surface area contributed by atoms with Gasteiger partial charge in [0.25, 0.3) is 0 Å². The Morgan fingerprint density at radius 1 is 0.967 bits per heavy atom. The second-order valence-corrected chi connectivity index (χ2v) is 6.23. The zero-order chi connectivity index (χ0) is 21.5. The first kappa shape index (κ1) is 20.9. The molecule has 1 heterocycles. The van der Waals surface area contributed by atoms with Crippen LogP contribution in [0.1, 0.15) is 17.3 Å². The minimum absolute atomic E-state index is 0.214. The molecule has 0 radical (unpaired) electrons. The minimum atomic E-state index is -0.740. The van der Waals surface area contributed by atoms with Gasteiger partial charge in [-0.3, -0.25) is 15.1 Å². The molecule has 2 aromatic carbocycles. The highest BCUT2D eigenvalue weighted by molar-refractivity contribution is 5.95. The van der Waals surface area contributed by atoms with Crippen molar-refractivity contribution in [3.05, 3.63) is 47.8 Å². The molecule has 1 amide bonds. The number of benzene rings is 2. The molecule has 10 nitrogen and oxygen atoms in total. The lowest BCUT2D eigenvalue weighted by Gasteiger charge is -2.19. The van der Waals surface area contributed by atoms with Crippen LogP contribution in [0.4, 0.5) is 5.69 Å². The summed E-state index contributed by atoms with van der Waals surface area (Å²) in [7, 11) is 6.20. The maximum atomic E-state index is 13.1. The van der Waals surface area contributed by atoms with Gasteiger partial charge in [-0.25, -0.2) is 0 Å². The van der Waals surface area contributed by atoms with Gasteiger partial charge < -0.3 is 29.4 Å². The van der Waals surface area contributed by atoms with Crippen LogP contribution >= 0.6 is 0 Å². The van der Waals surface area contributed by atoms with E-state index in [0.29, 0.717) is 28.7 Å². The summed E-state index contributed by atoms with van der Waals surface area (Å²) in [5.74, 6) is 1.44. The van der Waals surface area contributed by atoms with E-state index in [1.807, 2.05) is 6.07 Å². The Morgan fingerprint density at radius 2 is 1.73 bits per heavy atom. The first-order valence-electron chi connectivity index (χ1n) is 9.02. The van der Waals surface area contributed by atoms with Crippen LogP contribution in [0.2, 0.25) is 0 Å². The van der Waals surface area contributed by atoms with Gasteiger partial charge in [0.1, 0.15) is 11.5 Å². The van der Waals surface area contributed by atoms with E-state index in [4.69, 9.17) is 18.9 Å². The number of nitrogens with one attached hydrogen (secondary N) is 1. The number of hydrogen-bond donors (Lipinski definition) is 1. The fourth-order valence-electron chi connectivity index (χ4n) is 2.98. The highest BCUT2D eigenvalue weighted by atomic mass is 16.5. The Morgan fingerprint density at radius 3 is 2.37 bits per heavy atom. The van der Waals surface area contributed by atoms with Crippen molar-refractivity contribution in [3.63, 3.8) is 0 Å². The van der Waals surface area contributed by atoms with Crippen LogP contribution in [0.3, 0.4) is 0 Å². The largest absolute Gasteiger partial charge is 0.497 e. The van der Waals surface area contributed by atoms with Gasteiger partial charge in [0.05, 0.1) is 34.4 Å². The smallest absolute Gasteiger partial charge is 0.232 e. The van der Waals surface area contributed by atoms with Crippen LogP contribution < -0.4 is 29.4 Å². The Hall–Kier alpha value is -3.82. The summed E-state index contributed by atoms with van der Waals surface area (Å²) >= 11 is 0. The number of amides is 1. The summed E-state index contributed by atoms with van der Waals surface area (Å²) in [6.45, 7) is 0. The van der Waals surface area contributed by atoms with Crippen molar-refractivity contribution in [1.82, 2.24) is 20.6 Å². The third-order valence-corrected chi connectivity index (χ3v) is 4.53. The van der Waals surface area contributed by atoms with Crippen molar-refractivity contribution >= 4 is 11.6 Å². The molecule has 158 valence electrons. The molecule has 0 spiro atoms. The molecule has 0 aliphatic rings. The van der Waals surface area contributed by atoms with E-state index in [-0.39, 0.29) is 18.2 Å². The lowest BCUT2D eigenvalue weighted by Crippen LogP contribution is -2.24. The number of ether oxygens (including phenoxy) is 4. The number of rotatable bonds is 9. The molecule has 0 fully saturated rings. The quantitative estimate of drug-likeness (QED) is 0.561. The molecular formula is C20H22N5O5-. The molecule has 0 saturated carbocycles. The van der Waals surface area contributed by atoms with Crippen molar-refractivity contribution < 1.29 is 23.7 Å². The summed E-state index contributed by atoms with van der Waals surface area (Å²) in [6.07, 6.45) is 0.277. The van der Waals surface area contributed by atoms with Crippen LogP contribution in [-0.4, -0.2) is 49.9 Å². The number of methoxy groups -OCH3 is 4. The molecule has 1 N–H and O–H groups in total. The summed E-state index contributed by atoms with van der Waals surface area (Å²) in [4.78, 5) is 13.1. The SMILES string of the molecule is COc1ccc(C[C@@H](C(=O)Nc2ccc(OC)c(OC)c2)c2nnn[n-]2)c(OC)c1. The van der Waals surface area contributed by atoms with E-state index in [1.54, 1.807) is 51.7 Å². The predicted molar refractivity (Wildman–Crippen MR) is 107 cm³/mol. The molecule has 3 aromatic rings. The Kier molecular flexibility index (Phi) is 6.68. The van der Waals surface area contributed by atoms with Crippen molar-refractivity contribution in [2.75, 3.05) is 33.8 Å². The molecule has 0 bridgehead atoms. The van der Waals surface area contributed by atoms with Crippen LogP contribution in [-0.2, 0) is 11.2 Å². The number of aromatic nitrogens is 4. The zero-order valence-corrected chi connectivity index (χ0v) is 17.1. The molecule has 1 atom stereocenters. The summed E-state index contributed by atoms with van der Waals surface area (Å²) in [5, 5.41) is 17.7. The third-order valence-electron chi connectivity index (χ3n) is 4.53. The molecule has 0 aliphatic carbocycles. The lowest BCUT2D eigenvalue weighted by atomic mass is 9.96. The lowest BCUT2D eigenvalue weighted by molar-refractivity contribution is -0.117. The summed E-state index contributed by atoms with van der Waals surface area (Å²) < 4.78 is 21.2. The Labute approximate surface area is 173 Å². The number of tetrazole rings is 1. The minimum Gasteiger partial charge on any atom is -0.497 e. The van der Waals surface area contributed by atoms with Crippen LogP contribution in [0.5, 0.6) is 23.0 Å². The van der Waals surface area contributed by atoms with Crippen molar-refractivity contribution in [3.8, 4) is 23.0 Å². The second kappa shape index (κ2) is 9.59. The molecule has 10 heteroatoms. The molecule has 0 aliphatic heterocycles. The molecular weight excluding hydrogens is 390 g/mol. The number of nitrogens with zero attached hydrogens (tertiary/aromatic N) is 4. The monoisotopic (exact) mass is 412 g/mol. The van der Waals surface area contributed by atoms with Crippen LogP contribution in [0.25, 0.3) is 0 Å². The van der Waals surface area contributed by atoms with E-state index in [2.05, 4.69) is 25.9 Å². The van der Waals surface area contributed by atoms with Gasteiger partial charge in [-0.05, 0) is 30.2 Å². The van der Waals surface area contributed by atoms with E-state index < -0.39 is 5.92 Å². The highest BCUT2D eigenvalue weighted by Crippen LogP contribution is 2.32. The van der Waals surface area contributed by atoms with Gasteiger partial charge in [0.15, 0.2) is 11.5 Å². The van der Waals surface area contributed by atoms with E-state index in [9.17, 15) is 4.79 Å². The van der Waals surface area contributed by atoms with Crippen molar-refractivity contribution in [1.29, 1.82) is 0 Å². The third kappa shape index (κ3) is 4.59. The zero-order valence-electron chi connectivity index (χ0n) is 17.1. The first-order valence-corrected chi connectivity index (χ1v) is 9.02. The van der Waals surface area contributed by atoms with Gasteiger partial charge in [0, 0.05) is 23.6 Å². The summed E-state index contributed by atoms with van der Waals surface area (Å²) in [6, 6.07) is 10.5. The standard InChI is InChI=1S/C20H23N5O5/c1-27-14-7-5-12(17(11-14)29-3)9-15(19-22-24-25-23-19)20(26)21-13-6-8-16(28-2)18(10-13)30-4/h5-8,10-11,15H,9H2,1-4H3,(H2,21,22,23,24,25,26)/p-1/t15-/m1/s1. The van der Waals surface area contributed by atoms with Gasteiger partial charge in [-0.2, -0.15) is 5.21 Å². The Balaban J connectivity index is 1.87. The predicted octanol–water partition coefficient (Wildman–Crippen LogP) is 1.83. The second-order valence-electron chi connectivity index (χ2n) is 6.23. The number of anilines is 1. The topological polar surface area (TPSA) is 119 Å². The fraction of sp³-hybridized carbons (Fsp3) is 0.300. The van der Waals surface area contributed by atoms with E-state index >= 15 is 0 Å². The van der Waals surface area contributed by atoms with Gasteiger partial charge in [-0.1, -0.05) is 6.07 Å². The molecule has 1 aromatic heterocycles. The van der Waals surface area contributed by atoms with Crippen LogP contribution in [0.15, 0.2) is 36.4 Å². The molecule has 30 heavy (non-hydrogen) atoms. The van der Waals surface area contributed by atoms with Gasteiger partial charge in [-0.15, -0.1) is 0 Å². The average Bonchev–Trinajstić information content (AvgIpc) is 3.31. The first-order chi connectivity index (χ1) is 14.6. The fourth-order valence-corrected chi connectivity index (χ4v) is 2.98. The van der Waals surface area contributed by atoms with Crippen molar-refractivity contribution in [2.45, 2.75) is 12.3 Å². The molecule has 3 rings (SSSR count).